The molecule has 2 unspecified atom stereocenters. The maximum atomic E-state index is 13.2. The van der Waals surface area contributed by atoms with Gasteiger partial charge in [-0.1, -0.05) is 13.8 Å². The summed E-state index contributed by atoms with van der Waals surface area (Å²) in [6.45, 7) is 5.49. The number of halogens is 2. The zero-order chi connectivity index (χ0) is 15.7. The third-order valence-electron chi connectivity index (χ3n) is 4.86. The molecule has 2 fully saturated rings. The summed E-state index contributed by atoms with van der Waals surface area (Å²) in [5.41, 5.74) is 0.359. The molecule has 21 heavy (non-hydrogen) atoms. The Morgan fingerprint density at radius 1 is 1.38 bits per heavy atom. The lowest BCUT2D eigenvalue weighted by molar-refractivity contribution is -0.130. The van der Waals surface area contributed by atoms with Gasteiger partial charge in [0.1, 0.15) is 0 Å². The first kappa shape index (κ1) is 16.1. The number of rotatable bonds is 8. The largest absolute Gasteiger partial charge is 0.353 e. The molecule has 0 bridgehead atoms. The SMILES string of the molecule is CC1(C)C2CN(C(=O)CNCCC(F)(F)CNC=O)CC21. The van der Waals surface area contributed by atoms with E-state index in [4.69, 9.17) is 0 Å². The Labute approximate surface area is 123 Å². The summed E-state index contributed by atoms with van der Waals surface area (Å²) in [5.74, 6) is -1.77. The van der Waals surface area contributed by atoms with Gasteiger partial charge in [-0.25, -0.2) is 8.78 Å². The predicted molar refractivity (Wildman–Crippen MR) is 73.8 cm³/mol. The van der Waals surface area contributed by atoms with E-state index in [1.54, 1.807) is 0 Å². The smallest absolute Gasteiger partial charge is 0.266 e. The molecule has 2 atom stereocenters. The van der Waals surface area contributed by atoms with Gasteiger partial charge in [0.2, 0.25) is 12.3 Å². The number of hydrogen-bond donors (Lipinski definition) is 2. The third-order valence-corrected chi connectivity index (χ3v) is 4.86. The van der Waals surface area contributed by atoms with Crippen molar-refractivity contribution in [1.29, 1.82) is 0 Å². The summed E-state index contributed by atoms with van der Waals surface area (Å²) >= 11 is 0. The summed E-state index contributed by atoms with van der Waals surface area (Å²) in [7, 11) is 0. The van der Waals surface area contributed by atoms with Crippen LogP contribution in [0.15, 0.2) is 0 Å². The van der Waals surface area contributed by atoms with Gasteiger partial charge in [0.15, 0.2) is 0 Å². The molecule has 7 heteroatoms. The van der Waals surface area contributed by atoms with Crippen LogP contribution >= 0.6 is 0 Å². The zero-order valence-electron chi connectivity index (χ0n) is 12.5. The normalized spacial score (nSPS) is 26.4. The van der Waals surface area contributed by atoms with Crippen molar-refractivity contribution in [1.82, 2.24) is 15.5 Å². The molecular weight excluding hydrogens is 280 g/mol. The Morgan fingerprint density at radius 2 is 2.00 bits per heavy atom. The quantitative estimate of drug-likeness (QED) is 0.506. The average molecular weight is 303 g/mol. The van der Waals surface area contributed by atoms with Crippen LogP contribution < -0.4 is 10.6 Å². The zero-order valence-corrected chi connectivity index (χ0v) is 12.5. The fourth-order valence-electron chi connectivity index (χ4n) is 3.19. The van der Waals surface area contributed by atoms with Gasteiger partial charge in [0, 0.05) is 26.1 Å². The van der Waals surface area contributed by atoms with Crippen molar-refractivity contribution in [2.75, 3.05) is 32.7 Å². The number of fused-ring (bicyclic) bond motifs is 1. The number of piperidine rings is 1. The van der Waals surface area contributed by atoms with Crippen molar-refractivity contribution >= 4 is 12.3 Å². The van der Waals surface area contributed by atoms with E-state index in [-0.39, 0.29) is 25.4 Å². The number of hydrogen-bond acceptors (Lipinski definition) is 3. The van der Waals surface area contributed by atoms with Crippen LogP contribution in [0.4, 0.5) is 8.78 Å². The summed E-state index contributed by atoms with van der Waals surface area (Å²) in [6.07, 6.45) is -0.148. The Hall–Kier alpha value is -1.24. The average Bonchev–Trinajstić information content (AvgIpc) is 2.82. The first-order chi connectivity index (χ1) is 9.78. The van der Waals surface area contributed by atoms with Crippen LogP contribution in [-0.4, -0.2) is 55.9 Å². The van der Waals surface area contributed by atoms with Crippen LogP contribution in [0.25, 0.3) is 0 Å². The monoisotopic (exact) mass is 303 g/mol. The number of amides is 2. The number of nitrogens with zero attached hydrogens (tertiary/aromatic N) is 1. The van der Waals surface area contributed by atoms with Crippen molar-refractivity contribution in [3.63, 3.8) is 0 Å². The fourth-order valence-corrected chi connectivity index (χ4v) is 3.19. The van der Waals surface area contributed by atoms with E-state index in [1.165, 1.54) is 0 Å². The van der Waals surface area contributed by atoms with Crippen LogP contribution in [-0.2, 0) is 9.59 Å². The van der Waals surface area contributed by atoms with Gasteiger partial charge in [-0.05, 0) is 17.3 Å². The highest BCUT2D eigenvalue weighted by Crippen LogP contribution is 2.61. The van der Waals surface area contributed by atoms with Gasteiger partial charge in [-0.2, -0.15) is 0 Å². The Kier molecular flexibility index (Phi) is 4.51. The number of carbonyl (C=O) groups is 2. The number of nitrogens with one attached hydrogen (secondary N) is 2. The van der Waals surface area contributed by atoms with Crippen LogP contribution in [0.5, 0.6) is 0 Å². The van der Waals surface area contributed by atoms with E-state index >= 15 is 0 Å². The number of carbonyl (C=O) groups excluding carboxylic acids is 2. The van der Waals surface area contributed by atoms with Gasteiger partial charge >= 0.3 is 0 Å². The van der Waals surface area contributed by atoms with E-state index in [2.05, 4.69) is 19.2 Å². The molecule has 1 aliphatic carbocycles. The molecule has 1 heterocycles. The molecule has 2 aliphatic rings. The molecule has 1 saturated carbocycles. The Balaban J connectivity index is 1.59. The van der Waals surface area contributed by atoms with Crippen LogP contribution in [0.1, 0.15) is 20.3 Å². The lowest BCUT2D eigenvalue weighted by atomic mass is 10.1. The van der Waals surface area contributed by atoms with E-state index in [1.807, 2.05) is 10.2 Å². The molecule has 0 radical (unpaired) electrons. The van der Waals surface area contributed by atoms with Crippen LogP contribution in [0, 0.1) is 17.3 Å². The Bertz CT molecular complexity index is 401. The second-order valence-corrected chi connectivity index (χ2v) is 6.61. The van der Waals surface area contributed by atoms with E-state index in [0.717, 1.165) is 13.1 Å². The first-order valence-electron chi connectivity index (χ1n) is 7.31. The van der Waals surface area contributed by atoms with Gasteiger partial charge < -0.3 is 15.5 Å². The predicted octanol–water partition coefficient (Wildman–Crippen LogP) is 0.462. The van der Waals surface area contributed by atoms with Crippen LogP contribution in [0.3, 0.4) is 0 Å². The molecule has 2 rings (SSSR count). The van der Waals surface area contributed by atoms with Crippen molar-refractivity contribution < 1.29 is 18.4 Å². The highest BCUT2D eigenvalue weighted by molar-refractivity contribution is 5.78. The molecule has 5 nitrogen and oxygen atoms in total. The van der Waals surface area contributed by atoms with Gasteiger partial charge in [-0.3, -0.25) is 9.59 Å². The minimum atomic E-state index is -2.95. The van der Waals surface area contributed by atoms with Gasteiger partial charge in [0.25, 0.3) is 5.92 Å². The lowest BCUT2D eigenvalue weighted by Crippen LogP contribution is -2.41. The third kappa shape index (κ3) is 3.70. The minimum absolute atomic E-state index is 0.0210. The molecule has 2 amide bonds. The number of likely N-dealkylation sites (tertiary alicyclic amines) is 1. The summed E-state index contributed by atoms with van der Waals surface area (Å²) in [4.78, 5) is 23.7. The van der Waals surface area contributed by atoms with E-state index in [9.17, 15) is 18.4 Å². The molecule has 1 saturated heterocycles. The molecule has 2 N–H and O–H groups in total. The standard InChI is InChI=1S/C14H23F2N3O2/c1-13(2)10-6-19(7-11(10)13)12(21)5-17-4-3-14(15,16)8-18-9-20/h9-11,17H,3-8H2,1-2H3,(H,18,20). The molecular formula is C14H23F2N3O2. The Morgan fingerprint density at radius 3 is 2.57 bits per heavy atom. The van der Waals surface area contributed by atoms with Crippen molar-refractivity contribution in [3.8, 4) is 0 Å². The van der Waals surface area contributed by atoms with Crippen molar-refractivity contribution in [2.24, 2.45) is 17.3 Å². The lowest BCUT2D eigenvalue weighted by Gasteiger charge is -2.22. The molecule has 0 spiro atoms. The topological polar surface area (TPSA) is 61.4 Å². The van der Waals surface area contributed by atoms with E-state index < -0.39 is 18.9 Å². The van der Waals surface area contributed by atoms with Gasteiger partial charge in [0.05, 0.1) is 13.1 Å². The maximum Gasteiger partial charge on any atom is 0.266 e. The summed E-state index contributed by atoms with van der Waals surface area (Å²) < 4.78 is 26.4. The molecule has 1 aliphatic heterocycles. The van der Waals surface area contributed by atoms with E-state index in [0.29, 0.717) is 17.3 Å². The second-order valence-electron chi connectivity index (χ2n) is 6.61. The van der Waals surface area contributed by atoms with Gasteiger partial charge in [-0.15, -0.1) is 0 Å². The number of alkyl halides is 2. The summed E-state index contributed by atoms with van der Waals surface area (Å²) in [6, 6.07) is 0. The van der Waals surface area contributed by atoms with Crippen molar-refractivity contribution in [3.05, 3.63) is 0 Å². The molecule has 0 aromatic rings. The van der Waals surface area contributed by atoms with Crippen molar-refractivity contribution in [2.45, 2.75) is 26.2 Å². The minimum Gasteiger partial charge on any atom is -0.353 e. The molecule has 120 valence electrons. The second kappa shape index (κ2) is 5.87. The molecule has 0 aromatic heterocycles. The first-order valence-corrected chi connectivity index (χ1v) is 7.31. The summed E-state index contributed by atoms with van der Waals surface area (Å²) in [5, 5.41) is 4.72. The highest BCUT2D eigenvalue weighted by Gasteiger charge is 2.62. The fraction of sp³-hybridized carbons (Fsp3) is 0.857. The van der Waals surface area contributed by atoms with Crippen LogP contribution in [0.2, 0.25) is 0 Å². The molecule has 0 aromatic carbocycles. The maximum absolute atomic E-state index is 13.2. The highest BCUT2D eigenvalue weighted by atomic mass is 19.3.